The number of rotatable bonds is 3. The largest absolute Gasteiger partial charge is 0.317 e. The molecule has 0 aromatic heterocycles. The van der Waals surface area contributed by atoms with E-state index >= 15 is 0 Å². The highest BCUT2D eigenvalue weighted by atomic mass is 15.1. The van der Waals surface area contributed by atoms with Crippen LogP contribution in [0.1, 0.15) is 19.8 Å². The van der Waals surface area contributed by atoms with E-state index in [1.165, 1.54) is 12.8 Å². The first-order valence-electron chi connectivity index (χ1n) is 5.14. The van der Waals surface area contributed by atoms with Crippen LogP contribution in [-0.4, -0.2) is 37.6 Å². The summed E-state index contributed by atoms with van der Waals surface area (Å²) in [5.41, 5.74) is 0. The molecule has 74 valence electrons. The van der Waals surface area contributed by atoms with Gasteiger partial charge in [0.1, 0.15) is 0 Å². The lowest BCUT2D eigenvalue weighted by Gasteiger charge is -2.37. The lowest BCUT2D eigenvalue weighted by molar-refractivity contribution is 0.153. The van der Waals surface area contributed by atoms with E-state index in [0.29, 0.717) is 6.04 Å². The average Bonchev–Trinajstić information content (AvgIpc) is 2.18. The maximum atomic E-state index is 5.31. The van der Waals surface area contributed by atoms with E-state index in [2.05, 4.69) is 30.1 Å². The first-order chi connectivity index (χ1) is 6.31. The van der Waals surface area contributed by atoms with Crippen molar-refractivity contribution in [2.45, 2.75) is 25.8 Å². The maximum absolute atomic E-state index is 5.31. The van der Waals surface area contributed by atoms with Crippen LogP contribution in [0.25, 0.3) is 0 Å². The molecular weight excluding hydrogens is 160 g/mol. The Hall–Kier alpha value is -0.520. The zero-order chi connectivity index (χ0) is 9.68. The first-order valence-corrected chi connectivity index (χ1v) is 5.14. The molecule has 2 unspecified atom stereocenters. The summed E-state index contributed by atoms with van der Waals surface area (Å²) in [6, 6.07) is 0.694. The molecule has 1 N–H and O–H groups in total. The Labute approximate surface area is 81.7 Å². The van der Waals surface area contributed by atoms with E-state index in [0.717, 1.165) is 25.6 Å². The highest BCUT2D eigenvalue weighted by Crippen LogP contribution is 2.19. The standard InChI is InChI=1S/C11H20N2/c1-4-7-13-8-6-11(12-3)10(5-2)9-13/h1,10-12H,5-9H2,2-3H3. The van der Waals surface area contributed by atoms with Crippen LogP contribution in [0.2, 0.25) is 0 Å². The topological polar surface area (TPSA) is 15.3 Å². The average molecular weight is 180 g/mol. The monoisotopic (exact) mass is 180 g/mol. The van der Waals surface area contributed by atoms with Crippen molar-refractivity contribution in [1.29, 1.82) is 0 Å². The van der Waals surface area contributed by atoms with Crippen molar-refractivity contribution in [1.82, 2.24) is 10.2 Å². The summed E-state index contributed by atoms with van der Waals surface area (Å²) in [7, 11) is 2.06. The summed E-state index contributed by atoms with van der Waals surface area (Å²) < 4.78 is 0. The number of piperidine rings is 1. The van der Waals surface area contributed by atoms with Crippen molar-refractivity contribution >= 4 is 0 Å². The molecule has 0 spiro atoms. The van der Waals surface area contributed by atoms with Gasteiger partial charge in [0.2, 0.25) is 0 Å². The minimum absolute atomic E-state index is 0.694. The lowest BCUT2D eigenvalue weighted by Crippen LogP contribution is -2.48. The van der Waals surface area contributed by atoms with Gasteiger partial charge in [-0.15, -0.1) is 6.42 Å². The number of hydrogen-bond donors (Lipinski definition) is 1. The number of nitrogens with one attached hydrogen (secondary N) is 1. The number of terminal acetylenes is 1. The Kier molecular flexibility index (Phi) is 4.27. The summed E-state index contributed by atoms with van der Waals surface area (Å²) in [6.45, 7) is 5.37. The number of hydrogen-bond acceptors (Lipinski definition) is 2. The van der Waals surface area contributed by atoms with Gasteiger partial charge in [0.15, 0.2) is 0 Å². The van der Waals surface area contributed by atoms with Crippen molar-refractivity contribution in [3.8, 4) is 12.3 Å². The summed E-state index contributed by atoms with van der Waals surface area (Å²) in [5.74, 6) is 3.49. The molecule has 1 aliphatic heterocycles. The molecule has 2 heteroatoms. The van der Waals surface area contributed by atoms with E-state index < -0.39 is 0 Å². The van der Waals surface area contributed by atoms with E-state index in [9.17, 15) is 0 Å². The van der Waals surface area contributed by atoms with Crippen molar-refractivity contribution in [3.63, 3.8) is 0 Å². The first kappa shape index (κ1) is 10.6. The van der Waals surface area contributed by atoms with Crippen LogP contribution < -0.4 is 5.32 Å². The van der Waals surface area contributed by atoms with Crippen LogP contribution in [0.15, 0.2) is 0 Å². The molecular formula is C11H20N2. The zero-order valence-electron chi connectivity index (χ0n) is 8.71. The van der Waals surface area contributed by atoms with Gasteiger partial charge < -0.3 is 5.32 Å². The van der Waals surface area contributed by atoms with Crippen LogP contribution in [0.3, 0.4) is 0 Å². The smallest absolute Gasteiger partial charge is 0.0599 e. The third-order valence-electron chi connectivity index (χ3n) is 3.03. The molecule has 0 saturated carbocycles. The Morgan fingerprint density at radius 3 is 2.92 bits per heavy atom. The fourth-order valence-electron chi connectivity index (χ4n) is 2.17. The molecule has 0 aromatic rings. The van der Waals surface area contributed by atoms with Gasteiger partial charge in [-0.25, -0.2) is 0 Å². The van der Waals surface area contributed by atoms with Crippen LogP contribution in [0.5, 0.6) is 0 Å². The number of nitrogens with zero attached hydrogens (tertiary/aromatic N) is 1. The lowest BCUT2D eigenvalue weighted by atomic mass is 9.90. The van der Waals surface area contributed by atoms with Gasteiger partial charge >= 0.3 is 0 Å². The fraction of sp³-hybridized carbons (Fsp3) is 0.818. The van der Waals surface area contributed by atoms with Crippen molar-refractivity contribution < 1.29 is 0 Å². The van der Waals surface area contributed by atoms with Crippen LogP contribution in [-0.2, 0) is 0 Å². The maximum Gasteiger partial charge on any atom is 0.0599 e. The summed E-state index contributed by atoms with van der Waals surface area (Å²) in [6.07, 6.45) is 7.78. The van der Waals surface area contributed by atoms with Gasteiger partial charge in [-0.2, -0.15) is 0 Å². The summed E-state index contributed by atoms with van der Waals surface area (Å²) in [5, 5.41) is 3.39. The second-order valence-corrected chi connectivity index (χ2v) is 3.79. The van der Waals surface area contributed by atoms with Crippen molar-refractivity contribution in [2.75, 3.05) is 26.7 Å². The molecule has 1 aliphatic rings. The normalized spacial score (nSPS) is 29.9. The van der Waals surface area contributed by atoms with Crippen LogP contribution in [0, 0.1) is 18.3 Å². The minimum Gasteiger partial charge on any atom is -0.317 e. The molecule has 0 amide bonds. The predicted octanol–water partition coefficient (Wildman–Crippen LogP) is 0.940. The fourth-order valence-corrected chi connectivity index (χ4v) is 2.17. The Morgan fingerprint density at radius 2 is 2.38 bits per heavy atom. The van der Waals surface area contributed by atoms with Gasteiger partial charge in [0.25, 0.3) is 0 Å². The molecule has 0 aliphatic carbocycles. The molecule has 0 radical (unpaired) electrons. The van der Waals surface area contributed by atoms with E-state index in [-0.39, 0.29) is 0 Å². The molecule has 0 aromatic carbocycles. The Bertz CT molecular complexity index is 183. The van der Waals surface area contributed by atoms with Gasteiger partial charge in [0.05, 0.1) is 6.54 Å². The van der Waals surface area contributed by atoms with Crippen LogP contribution >= 0.6 is 0 Å². The summed E-state index contributed by atoms with van der Waals surface area (Å²) >= 11 is 0. The molecule has 2 atom stereocenters. The van der Waals surface area contributed by atoms with Gasteiger partial charge in [-0.3, -0.25) is 4.90 Å². The molecule has 1 heterocycles. The molecule has 1 fully saturated rings. The van der Waals surface area contributed by atoms with Crippen LogP contribution in [0.4, 0.5) is 0 Å². The molecule has 1 rings (SSSR count). The molecule has 2 nitrogen and oxygen atoms in total. The number of likely N-dealkylation sites (tertiary alicyclic amines) is 1. The second kappa shape index (κ2) is 5.26. The quantitative estimate of drug-likeness (QED) is 0.650. The molecule has 1 saturated heterocycles. The zero-order valence-corrected chi connectivity index (χ0v) is 8.71. The SMILES string of the molecule is C#CCN1CCC(NC)C(CC)C1. The Balaban J connectivity index is 2.43. The van der Waals surface area contributed by atoms with E-state index in [1.54, 1.807) is 0 Å². The Morgan fingerprint density at radius 1 is 1.62 bits per heavy atom. The predicted molar refractivity (Wildman–Crippen MR) is 56.5 cm³/mol. The van der Waals surface area contributed by atoms with Gasteiger partial charge in [-0.05, 0) is 19.4 Å². The highest BCUT2D eigenvalue weighted by molar-refractivity contribution is 4.92. The van der Waals surface area contributed by atoms with Crippen molar-refractivity contribution in [2.24, 2.45) is 5.92 Å². The highest BCUT2D eigenvalue weighted by Gasteiger charge is 2.25. The third-order valence-corrected chi connectivity index (χ3v) is 3.03. The van der Waals surface area contributed by atoms with Gasteiger partial charge in [-0.1, -0.05) is 19.3 Å². The molecule has 13 heavy (non-hydrogen) atoms. The minimum atomic E-state index is 0.694. The second-order valence-electron chi connectivity index (χ2n) is 3.79. The third kappa shape index (κ3) is 2.72. The van der Waals surface area contributed by atoms with Crippen molar-refractivity contribution in [3.05, 3.63) is 0 Å². The van der Waals surface area contributed by atoms with Gasteiger partial charge in [0, 0.05) is 19.1 Å². The summed E-state index contributed by atoms with van der Waals surface area (Å²) in [4.78, 5) is 2.38. The van der Waals surface area contributed by atoms with E-state index in [4.69, 9.17) is 6.42 Å². The molecule has 0 bridgehead atoms. The van der Waals surface area contributed by atoms with E-state index in [1.807, 2.05) is 0 Å².